The van der Waals surface area contributed by atoms with E-state index in [9.17, 15) is 14.4 Å². The number of hydrogen-bond donors (Lipinski definition) is 2. The van der Waals surface area contributed by atoms with Crippen LogP contribution < -0.4 is 10.6 Å². The smallest absolute Gasteiger partial charge is 0.407 e. The highest BCUT2D eigenvalue weighted by atomic mass is 16.6. The quantitative estimate of drug-likeness (QED) is 0.256. The van der Waals surface area contributed by atoms with E-state index in [0.29, 0.717) is 25.1 Å². The second-order valence-electron chi connectivity index (χ2n) is 11.5. The van der Waals surface area contributed by atoms with Gasteiger partial charge in [0.25, 0.3) is 0 Å². The van der Waals surface area contributed by atoms with Gasteiger partial charge >= 0.3 is 12.1 Å². The molecule has 9 nitrogen and oxygen atoms in total. The molecule has 0 aliphatic carbocycles. The first-order chi connectivity index (χ1) is 18.3. The van der Waals surface area contributed by atoms with Crippen molar-refractivity contribution >= 4 is 23.6 Å². The van der Waals surface area contributed by atoms with Crippen LogP contribution in [0.1, 0.15) is 83.1 Å². The van der Waals surface area contributed by atoms with E-state index in [1.54, 1.807) is 12.1 Å². The highest BCUT2D eigenvalue weighted by Crippen LogP contribution is 2.23. The second-order valence-corrected chi connectivity index (χ2v) is 11.5. The number of nitrogens with zero attached hydrogens (tertiary/aromatic N) is 2. The van der Waals surface area contributed by atoms with Gasteiger partial charge in [-0.05, 0) is 72.6 Å². The Hall–Kier alpha value is -3.88. The van der Waals surface area contributed by atoms with E-state index in [0.717, 1.165) is 41.7 Å². The molecule has 9 heteroatoms. The van der Waals surface area contributed by atoms with Gasteiger partial charge in [-0.1, -0.05) is 24.6 Å². The number of amides is 2. The minimum Gasteiger partial charge on any atom is -0.456 e. The van der Waals surface area contributed by atoms with E-state index in [-0.39, 0.29) is 11.9 Å². The standard InChI is InChI=1S/C30H40N4O5/c1-29(2,3)38-27(36)22-13-10-12-21(18-22)24-20-34-17-11-14-23(26(34)33-24)19-32-25(35)15-8-7-9-16-31-28(37)39-30(4,5)6/h10-14,17-18,20H,7-9,15-16,19H2,1-6H3,(H,31,37)(H,32,35). The van der Waals surface area contributed by atoms with Crippen molar-refractivity contribution in [2.45, 2.75) is 85.0 Å². The van der Waals surface area contributed by atoms with E-state index in [4.69, 9.17) is 14.5 Å². The van der Waals surface area contributed by atoms with E-state index in [1.165, 1.54) is 0 Å². The summed E-state index contributed by atoms with van der Waals surface area (Å²) in [7, 11) is 0. The summed E-state index contributed by atoms with van der Waals surface area (Å²) in [5.41, 5.74) is 2.53. The third-order valence-electron chi connectivity index (χ3n) is 5.58. The van der Waals surface area contributed by atoms with Crippen LogP contribution in [-0.4, -0.2) is 45.1 Å². The van der Waals surface area contributed by atoms with Crippen LogP contribution in [0.15, 0.2) is 48.8 Å². The van der Waals surface area contributed by atoms with Gasteiger partial charge < -0.3 is 24.5 Å². The second kappa shape index (κ2) is 12.8. The molecule has 0 saturated heterocycles. The Kier molecular flexibility index (Phi) is 9.72. The van der Waals surface area contributed by atoms with Gasteiger partial charge in [0.1, 0.15) is 16.8 Å². The molecule has 2 heterocycles. The Balaban J connectivity index is 1.52. The Morgan fingerprint density at radius 1 is 0.897 bits per heavy atom. The SMILES string of the molecule is CC(C)(C)OC(=O)NCCCCCC(=O)NCc1cccn2cc(-c3cccc(C(=O)OC(C)(C)C)c3)nc12. The summed E-state index contributed by atoms with van der Waals surface area (Å²) in [6, 6.07) is 11.1. The molecule has 39 heavy (non-hydrogen) atoms. The molecule has 0 spiro atoms. The highest BCUT2D eigenvalue weighted by molar-refractivity contribution is 5.91. The molecule has 0 unspecified atom stereocenters. The molecule has 0 aliphatic heterocycles. The van der Waals surface area contributed by atoms with Gasteiger partial charge in [-0.25, -0.2) is 14.6 Å². The number of ether oxygens (including phenoxy) is 2. The van der Waals surface area contributed by atoms with Crippen molar-refractivity contribution in [1.82, 2.24) is 20.0 Å². The first kappa shape index (κ1) is 29.7. The van der Waals surface area contributed by atoms with E-state index in [2.05, 4.69) is 10.6 Å². The maximum atomic E-state index is 12.5. The Bertz CT molecular complexity index is 1300. The fourth-order valence-corrected chi connectivity index (χ4v) is 3.87. The van der Waals surface area contributed by atoms with Crippen LogP contribution in [0.5, 0.6) is 0 Å². The average molecular weight is 537 g/mol. The summed E-state index contributed by atoms with van der Waals surface area (Å²) >= 11 is 0. The zero-order valence-corrected chi connectivity index (χ0v) is 23.8. The summed E-state index contributed by atoms with van der Waals surface area (Å²) in [6.07, 6.45) is 6.12. The number of unbranched alkanes of at least 4 members (excludes halogenated alkanes) is 2. The van der Waals surface area contributed by atoms with E-state index >= 15 is 0 Å². The molecule has 2 N–H and O–H groups in total. The Morgan fingerprint density at radius 3 is 2.36 bits per heavy atom. The summed E-state index contributed by atoms with van der Waals surface area (Å²) < 4.78 is 12.6. The third-order valence-corrected chi connectivity index (χ3v) is 5.58. The number of carbonyl (C=O) groups is 3. The molecular weight excluding hydrogens is 496 g/mol. The van der Waals surface area contributed by atoms with Crippen molar-refractivity contribution in [3.05, 3.63) is 59.9 Å². The fraction of sp³-hybridized carbons (Fsp3) is 0.467. The molecule has 1 aromatic carbocycles. The van der Waals surface area contributed by atoms with E-state index < -0.39 is 17.3 Å². The summed E-state index contributed by atoms with van der Waals surface area (Å²) in [5, 5.41) is 5.71. The van der Waals surface area contributed by atoms with Crippen LogP contribution in [0, 0.1) is 0 Å². The van der Waals surface area contributed by atoms with Crippen LogP contribution >= 0.6 is 0 Å². The first-order valence-electron chi connectivity index (χ1n) is 13.3. The van der Waals surface area contributed by atoms with Crippen LogP contribution in [0.25, 0.3) is 16.9 Å². The number of hydrogen-bond acceptors (Lipinski definition) is 6. The molecule has 0 atom stereocenters. The number of alkyl carbamates (subject to hydrolysis) is 1. The number of benzene rings is 1. The number of pyridine rings is 1. The molecule has 0 radical (unpaired) electrons. The van der Waals surface area contributed by atoms with Gasteiger partial charge in [0.2, 0.25) is 5.91 Å². The number of nitrogens with one attached hydrogen (secondary N) is 2. The van der Waals surface area contributed by atoms with Crippen LogP contribution in [0.3, 0.4) is 0 Å². The number of aromatic nitrogens is 2. The summed E-state index contributed by atoms with van der Waals surface area (Å²) in [5.74, 6) is -0.412. The fourth-order valence-electron chi connectivity index (χ4n) is 3.87. The molecule has 0 fully saturated rings. The van der Waals surface area contributed by atoms with Gasteiger partial charge in [-0.3, -0.25) is 4.79 Å². The predicted octanol–water partition coefficient (Wildman–Crippen LogP) is 5.66. The van der Waals surface area contributed by atoms with Crippen molar-refractivity contribution in [3.8, 4) is 11.3 Å². The van der Waals surface area contributed by atoms with Gasteiger partial charge in [-0.15, -0.1) is 0 Å². The van der Waals surface area contributed by atoms with Crippen LogP contribution in [0.2, 0.25) is 0 Å². The lowest BCUT2D eigenvalue weighted by Gasteiger charge is -2.19. The maximum Gasteiger partial charge on any atom is 0.407 e. The third kappa shape index (κ3) is 9.74. The van der Waals surface area contributed by atoms with E-state index in [1.807, 2.05) is 82.6 Å². The minimum atomic E-state index is -0.575. The number of rotatable bonds is 10. The molecule has 3 rings (SSSR count). The lowest BCUT2D eigenvalue weighted by atomic mass is 10.1. The predicted molar refractivity (Wildman–Crippen MR) is 150 cm³/mol. The molecule has 0 bridgehead atoms. The summed E-state index contributed by atoms with van der Waals surface area (Å²) in [6.45, 7) is 11.9. The lowest BCUT2D eigenvalue weighted by molar-refractivity contribution is -0.121. The number of fused-ring (bicyclic) bond motifs is 1. The zero-order valence-electron chi connectivity index (χ0n) is 23.8. The van der Waals surface area contributed by atoms with Gasteiger partial charge in [-0.2, -0.15) is 0 Å². The largest absolute Gasteiger partial charge is 0.456 e. The maximum absolute atomic E-state index is 12.5. The Labute approximate surface area is 230 Å². The molecule has 2 amide bonds. The van der Waals surface area contributed by atoms with Crippen LogP contribution in [0.4, 0.5) is 4.79 Å². The van der Waals surface area contributed by atoms with Crippen molar-refractivity contribution in [2.75, 3.05) is 6.54 Å². The monoisotopic (exact) mass is 536 g/mol. The van der Waals surface area contributed by atoms with Crippen molar-refractivity contribution in [3.63, 3.8) is 0 Å². The lowest BCUT2D eigenvalue weighted by Crippen LogP contribution is -2.33. The first-order valence-corrected chi connectivity index (χ1v) is 13.3. The van der Waals surface area contributed by atoms with Crippen molar-refractivity contribution in [1.29, 1.82) is 0 Å². The molecular formula is C30H40N4O5. The van der Waals surface area contributed by atoms with Gasteiger partial charge in [0.15, 0.2) is 0 Å². The number of esters is 1. The topological polar surface area (TPSA) is 111 Å². The molecule has 3 aromatic rings. The van der Waals surface area contributed by atoms with Crippen molar-refractivity contribution < 1.29 is 23.9 Å². The number of carbonyl (C=O) groups excluding carboxylic acids is 3. The highest BCUT2D eigenvalue weighted by Gasteiger charge is 2.19. The zero-order chi connectivity index (χ0) is 28.6. The van der Waals surface area contributed by atoms with Crippen LogP contribution in [-0.2, 0) is 20.8 Å². The number of imidazole rings is 1. The molecule has 0 saturated carbocycles. The minimum absolute atomic E-state index is 0.0334. The van der Waals surface area contributed by atoms with Crippen molar-refractivity contribution in [2.24, 2.45) is 0 Å². The molecule has 210 valence electrons. The Morgan fingerprint density at radius 2 is 1.64 bits per heavy atom. The normalized spacial score (nSPS) is 11.7. The van der Waals surface area contributed by atoms with Gasteiger partial charge in [0, 0.05) is 43.0 Å². The molecule has 0 aliphatic rings. The molecule has 2 aromatic heterocycles. The summed E-state index contributed by atoms with van der Waals surface area (Å²) in [4.78, 5) is 41.4. The van der Waals surface area contributed by atoms with Gasteiger partial charge in [0.05, 0.1) is 11.3 Å². The average Bonchev–Trinajstić information content (AvgIpc) is 3.28.